The molecule has 3 rings (SSSR count). The van der Waals surface area contributed by atoms with Gasteiger partial charge in [0, 0.05) is 31.6 Å². The van der Waals surface area contributed by atoms with E-state index in [2.05, 4.69) is 41.6 Å². The molecule has 1 N–H and O–H groups in total. The van der Waals surface area contributed by atoms with Gasteiger partial charge in [-0.1, -0.05) is 25.1 Å². The number of aromatic nitrogens is 2. The molecule has 4 heteroatoms. The molecule has 4 nitrogen and oxygen atoms in total. The zero-order valence-electron chi connectivity index (χ0n) is 12.5. The van der Waals surface area contributed by atoms with Crippen LogP contribution in [0.15, 0.2) is 42.7 Å². The van der Waals surface area contributed by atoms with Crippen molar-refractivity contribution >= 4 is 0 Å². The van der Waals surface area contributed by atoms with Crippen molar-refractivity contribution in [2.24, 2.45) is 0 Å². The highest BCUT2D eigenvalue weighted by Crippen LogP contribution is 2.18. The number of hydrogen-bond donors (Lipinski definition) is 1. The van der Waals surface area contributed by atoms with Crippen LogP contribution in [-0.2, 0) is 11.3 Å². The van der Waals surface area contributed by atoms with Crippen LogP contribution in [0.5, 0.6) is 0 Å². The van der Waals surface area contributed by atoms with Gasteiger partial charge in [0.25, 0.3) is 0 Å². The molecule has 2 heterocycles. The Hall–Kier alpha value is -1.65. The van der Waals surface area contributed by atoms with E-state index in [0.717, 1.165) is 38.1 Å². The molecule has 21 heavy (non-hydrogen) atoms. The van der Waals surface area contributed by atoms with E-state index in [1.807, 2.05) is 23.1 Å². The van der Waals surface area contributed by atoms with E-state index in [1.165, 1.54) is 5.56 Å². The Morgan fingerprint density at radius 2 is 2.24 bits per heavy atom. The first kappa shape index (κ1) is 14.3. The van der Waals surface area contributed by atoms with Gasteiger partial charge in [-0.05, 0) is 37.0 Å². The maximum Gasteiger partial charge on any atom is 0.0690 e. The Kier molecular flexibility index (Phi) is 4.68. The Balaban J connectivity index is 1.66. The maximum atomic E-state index is 5.74. The van der Waals surface area contributed by atoms with Crippen LogP contribution in [0.2, 0.25) is 0 Å². The molecular weight excluding hydrogens is 262 g/mol. The van der Waals surface area contributed by atoms with Gasteiger partial charge in [-0.25, -0.2) is 4.68 Å². The van der Waals surface area contributed by atoms with Crippen molar-refractivity contribution in [3.63, 3.8) is 0 Å². The largest absolute Gasteiger partial charge is 0.378 e. The second kappa shape index (κ2) is 6.87. The van der Waals surface area contributed by atoms with Crippen LogP contribution in [0.1, 0.15) is 31.7 Å². The summed E-state index contributed by atoms with van der Waals surface area (Å²) in [5.41, 5.74) is 2.43. The van der Waals surface area contributed by atoms with Crippen molar-refractivity contribution < 1.29 is 4.74 Å². The minimum absolute atomic E-state index is 0.414. The first-order chi connectivity index (χ1) is 10.4. The van der Waals surface area contributed by atoms with Gasteiger partial charge in [0.2, 0.25) is 0 Å². The molecule has 1 aliphatic rings. The zero-order valence-corrected chi connectivity index (χ0v) is 12.5. The molecule has 2 unspecified atom stereocenters. The van der Waals surface area contributed by atoms with Crippen LogP contribution in [0, 0.1) is 0 Å². The van der Waals surface area contributed by atoms with Gasteiger partial charge in [-0.15, -0.1) is 0 Å². The average Bonchev–Trinajstić information content (AvgIpc) is 3.08. The lowest BCUT2D eigenvalue weighted by Crippen LogP contribution is -2.38. The Morgan fingerprint density at radius 3 is 3.05 bits per heavy atom. The molecule has 2 aromatic rings. The number of hydrogen-bond acceptors (Lipinski definition) is 3. The van der Waals surface area contributed by atoms with Crippen molar-refractivity contribution in [2.45, 2.75) is 44.9 Å². The normalized spacial score (nSPS) is 22.3. The van der Waals surface area contributed by atoms with Crippen LogP contribution in [0.25, 0.3) is 5.69 Å². The van der Waals surface area contributed by atoms with E-state index in [-0.39, 0.29) is 0 Å². The van der Waals surface area contributed by atoms with Crippen molar-refractivity contribution in [3.05, 3.63) is 48.3 Å². The lowest BCUT2D eigenvalue weighted by atomic mass is 10.0. The van der Waals surface area contributed by atoms with Crippen molar-refractivity contribution in [1.82, 2.24) is 15.1 Å². The number of rotatable bonds is 5. The second-order valence-corrected chi connectivity index (χ2v) is 5.58. The van der Waals surface area contributed by atoms with Crippen molar-refractivity contribution in [3.8, 4) is 5.69 Å². The number of benzene rings is 1. The Morgan fingerprint density at radius 1 is 1.33 bits per heavy atom. The summed E-state index contributed by atoms with van der Waals surface area (Å²) in [5.74, 6) is 0. The quantitative estimate of drug-likeness (QED) is 0.918. The van der Waals surface area contributed by atoms with Gasteiger partial charge in [0.15, 0.2) is 0 Å². The summed E-state index contributed by atoms with van der Waals surface area (Å²) in [4.78, 5) is 0. The molecular formula is C17H23N3O. The SMILES string of the molecule is CCC1CC(NCc2ccccc2-n2cccn2)CCO1. The van der Waals surface area contributed by atoms with Crippen LogP contribution in [0.4, 0.5) is 0 Å². The molecule has 1 fully saturated rings. The molecule has 0 amide bonds. The molecule has 0 saturated carbocycles. The second-order valence-electron chi connectivity index (χ2n) is 5.58. The van der Waals surface area contributed by atoms with Crippen LogP contribution in [0.3, 0.4) is 0 Å². The summed E-state index contributed by atoms with van der Waals surface area (Å²) in [7, 11) is 0. The highest BCUT2D eigenvalue weighted by atomic mass is 16.5. The highest BCUT2D eigenvalue weighted by molar-refractivity contribution is 5.40. The predicted molar refractivity (Wildman–Crippen MR) is 83.5 cm³/mol. The van der Waals surface area contributed by atoms with Gasteiger partial charge >= 0.3 is 0 Å². The molecule has 0 aliphatic carbocycles. The van der Waals surface area contributed by atoms with Crippen LogP contribution < -0.4 is 5.32 Å². The van der Waals surface area contributed by atoms with Crippen LogP contribution >= 0.6 is 0 Å². The van der Waals surface area contributed by atoms with Gasteiger partial charge < -0.3 is 10.1 Å². The van der Waals surface area contributed by atoms with Gasteiger partial charge in [0.1, 0.15) is 0 Å². The third kappa shape index (κ3) is 3.52. The first-order valence-corrected chi connectivity index (χ1v) is 7.79. The van der Waals surface area contributed by atoms with Gasteiger partial charge in [-0.3, -0.25) is 0 Å². The van der Waals surface area contributed by atoms with E-state index in [4.69, 9.17) is 4.74 Å². The molecule has 1 aliphatic heterocycles. The standard InChI is InChI=1S/C17H23N3O/c1-2-16-12-15(8-11-21-16)18-13-14-6-3-4-7-17(14)20-10-5-9-19-20/h3-7,9-10,15-16,18H,2,8,11-13H2,1H3. The lowest BCUT2D eigenvalue weighted by molar-refractivity contribution is -0.000318. The van der Waals surface area contributed by atoms with E-state index in [0.29, 0.717) is 12.1 Å². The van der Waals surface area contributed by atoms with E-state index < -0.39 is 0 Å². The summed E-state index contributed by atoms with van der Waals surface area (Å²) in [6.45, 7) is 3.94. The zero-order chi connectivity index (χ0) is 14.5. The number of para-hydroxylation sites is 1. The third-order valence-electron chi connectivity index (χ3n) is 4.15. The minimum atomic E-state index is 0.414. The predicted octanol–water partition coefficient (Wildman–Crippen LogP) is 2.92. The molecule has 0 bridgehead atoms. The highest BCUT2D eigenvalue weighted by Gasteiger charge is 2.20. The Bertz CT molecular complexity index is 553. The number of nitrogens with zero attached hydrogens (tertiary/aromatic N) is 2. The van der Waals surface area contributed by atoms with Gasteiger partial charge in [-0.2, -0.15) is 5.10 Å². The monoisotopic (exact) mass is 285 g/mol. The Labute approximate surface area is 126 Å². The van der Waals surface area contributed by atoms with E-state index in [1.54, 1.807) is 0 Å². The molecule has 112 valence electrons. The number of ether oxygens (including phenoxy) is 1. The summed E-state index contributed by atoms with van der Waals surface area (Å²) in [6, 6.07) is 10.9. The summed E-state index contributed by atoms with van der Waals surface area (Å²) in [6.07, 6.45) is 7.52. The van der Waals surface area contributed by atoms with Crippen LogP contribution in [-0.4, -0.2) is 28.5 Å². The van der Waals surface area contributed by atoms with Gasteiger partial charge in [0.05, 0.1) is 11.8 Å². The summed E-state index contributed by atoms with van der Waals surface area (Å²) < 4.78 is 7.66. The first-order valence-electron chi connectivity index (χ1n) is 7.79. The average molecular weight is 285 g/mol. The van der Waals surface area contributed by atoms with Crippen molar-refractivity contribution in [1.29, 1.82) is 0 Å². The number of nitrogens with one attached hydrogen (secondary N) is 1. The van der Waals surface area contributed by atoms with E-state index in [9.17, 15) is 0 Å². The fourth-order valence-corrected chi connectivity index (χ4v) is 2.90. The molecule has 0 radical (unpaired) electrons. The summed E-state index contributed by atoms with van der Waals surface area (Å²) >= 11 is 0. The molecule has 1 aromatic carbocycles. The lowest BCUT2D eigenvalue weighted by Gasteiger charge is -2.29. The molecule has 1 aromatic heterocycles. The topological polar surface area (TPSA) is 39.1 Å². The molecule has 0 spiro atoms. The fourth-order valence-electron chi connectivity index (χ4n) is 2.90. The third-order valence-corrected chi connectivity index (χ3v) is 4.15. The van der Waals surface area contributed by atoms with Crippen molar-refractivity contribution in [2.75, 3.05) is 6.61 Å². The minimum Gasteiger partial charge on any atom is -0.378 e. The molecule has 1 saturated heterocycles. The summed E-state index contributed by atoms with van der Waals surface area (Å²) in [5, 5.41) is 8.02. The fraction of sp³-hybridized carbons (Fsp3) is 0.471. The smallest absolute Gasteiger partial charge is 0.0690 e. The molecule has 2 atom stereocenters. The maximum absolute atomic E-state index is 5.74. The van der Waals surface area contributed by atoms with E-state index >= 15 is 0 Å².